The number of hydrogen-bond donors (Lipinski definition) is 2. The molecule has 0 saturated carbocycles. The van der Waals surface area contributed by atoms with Gasteiger partial charge in [0, 0.05) is 26.0 Å². The van der Waals surface area contributed by atoms with Crippen molar-refractivity contribution in [2.75, 3.05) is 20.8 Å². The number of fused-ring (bicyclic) bond motifs is 1. The third-order valence-corrected chi connectivity index (χ3v) is 7.62. The Hall–Kier alpha value is -4.80. The zero-order chi connectivity index (χ0) is 31.2. The lowest BCUT2D eigenvalue weighted by Gasteiger charge is -2.11. The maximum Gasteiger partial charge on any atom is 0.343 e. The largest absolute Gasteiger partial charge is 0.497 e. The first-order valence-corrected chi connectivity index (χ1v) is 14.6. The normalized spacial score (nSPS) is 11.0. The molecule has 224 valence electrons. The van der Waals surface area contributed by atoms with Gasteiger partial charge in [0.15, 0.2) is 11.5 Å². The van der Waals surface area contributed by atoms with Gasteiger partial charge in [-0.15, -0.1) is 0 Å². The topological polar surface area (TPSA) is 111 Å². The fourth-order valence-electron chi connectivity index (χ4n) is 4.58. The minimum Gasteiger partial charge on any atom is -0.497 e. The molecule has 0 bridgehead atoms. The maximum atomic E-state index is 13.5. The van der Waals surface area contributed by atoms with Gasteiger partial charge in [-0.3, -0.25) is 4.79 Å². The number of nitrogens with zero attached hydrogens (tertiary/aromatic N) is 1. The molecule has 4 aromatic carbocycles. The number of benzene rings is 4. The molecule has 0 atom stereocenters. The van der Waals surface area contributed by atoms with Crippen LogP contribution in [0.2, 0.25) is 5.02 Å². The molecule has 5 rings (SSSR count). The van der Waals surface area contributed by atoms with Crippen LogP contribution in [-0.2, 0) is 0 Å². The molecule has 5 aromatic rings. The van der Waals surface area contributed by atoms with Gasteiger partial charge in [0.25, 0.3) is 5.91 Å². The molecule has 0 unspecified atom stereocenters. The Morgan fingerprint density at radius 2 is 1.70 bits per heavy atom. The van der Waals surface area contributed by atoms with Gasteiger partial charge in [0.2, 0.25) is 0 Å². The summed E-state index contributed by atoms with van der Waals surface area (Å²) in [4.78, 5) is 29.4. The average molecular weight is 677 g/mol. The van der Waals surface area contributed by atoms with Gasteiger partial charge >= 0.3 is 5.97 Å². The monoisotopic (exact) mass is 675 g/mol. The molecule has 1 amide bonds. The molecule has 1 heterocycles. The second kappa shape index (κ2) is 13.7. The van der Waals surface area contributed by atoms with Crippen LogP contribution in [0.3, 0.4) is 0 Å². The third kappa shape index (κ3) is 6.41. The number of halogens is 2. The van der Waals surface area contributed by atoms with E-state index in [-0.39, 0.29) is 11.4 Å². The first kappa shape index (κ1) is 30.7. The average Bonchev–Trinajstić information content (AvgIpc) is 3.44. The van der Waals surface area contributed by atoms with E-state index in [9.17, 15) is 9.59 Å². The van der Waals surface area contributed by atoms with Crippen LogP contribution in [0, 0.1) is 0 Å². The number of methoxy groups -OCH3 is 2. The van der Waals surface area contributed by atoms with Crippen LogP contribution in [0.15, 0.2) is 88.4 Å². The highest BCUT2D eigenvalue weighted by Crippen LogP contribution is 2.43. The second-order valence-corrected chi connectivity index (χ2v) is 10.6. The van der Waals surface area contributed by atoms with E-state index in [1.54, 1.807) is 68.8 Å². The summed E-state index contributed by atoms with van der Waals surface area (Å²) in [6.07, 6.45) is 1.46. The maximum absolute atomic E-state index is 13.5. The number of carbonyl (C=O) groups is 2. The lowest BCUT2D eigenvalue weighted by atomic mass is 10.0. The van der Waals surface area contributed by atoms with Gasteiger partial charge in [-0.2, -0.15) is 5.10 Å². The molecule has 0 aliphatic heterocycles. The van der Waals surface area contributed by atoms with Crippen LogP contribution in [0.5, 0.6) is 23.0 Å². The van der Waals surface area contributed by atoms with Gasteiger partial charge < -0.3 is 23.9 Å². The van der Waals surface area contributed by atoms with Gasteiger partial charge in [-0.1, -0.05) is 45.7 Å². The van der Waals surface area contributed by atoms with E-state index < -0.39 is 11.9 Å². The summed E-state index contributed by atoms with van der Waals surface area (Å²) in [6.45, 7) is 2.16. The zero-order valence-corrected chi connectivity index (χ0v) is 26.3. The summed E-state index contributed by atoms with van der Waals surface area (Å²) < 4.78 is 22.7. The van der Waals surface area contributed by atoms with E-state index in [1.807, 2.05) is 31.2 Å². The minimum absolute atomic E-state index is 0.246. The van der Waals surface area contributed by atoms with E-state index in [1.165, 1.54) is 6.21 Å². The number of ether oxygens (including phenoxy) is 4. The van der Waals surface area contributed by atoms with Crippen LogP contribution in [-0.4, -0.2) is 43.9 Å². The summed E-state index contributed by atoms with van der Waals surface area (Å²) >= 11 is 10.2. The fourth-order valence-corrected chi connectivity index (χ4v) is 5.34. The van der Waals surface area contributed by atoms with Gasteiger partial charge in [0.1, 0.15) is 17.2 Å². The molecule has 11 heteroatoms. The zero-order valence-electron chi connectivity index (χ0n) is 23.9. The van der Waals surface area contributed by atoms with Crippen LogP contribution in [0.25, 0.3) is 22.0 Å². The second-order valence-electron chi connectivity index (χ2n) is 9.31. The van der Waals surface area contributed by atoms with Crippen molar-refractivity contribution < 1.29 is 28.5 Å². The Morgan fingerprint density at radius 3 is 2.41 bits per heavy atom. The molecular weight excluding hydrogens is 650 g/mol. The highest BCUT2D eigenvalue weighted by atomic mass is 79.9. The van der Waals surface area contributed by atoms with Crippen LogP contribution >= 0.6 is 27.5 Å². The van der Waals surface area contributed by atoms with E-state index in [0.717, 1.165) is 9.86 Å². The number of hydrazone groups is 1. The fraction of sp³-hybridized carbons (Fsp3) is 0.121. The molecule has 0 fully saturated rings. The van der Waals surface area contributed by atoms with E-state index in [0.29, 0.717) is 56.6 Å². The number of hydrogen-bond acceptors (Lipinski definition) is 7. The molecule has 0 spiro atoms. The van der Waals surface area contributed by atoms with Crippen LogP contribution in [0.1, 0.15) is 33.3 Å². The predicted octanol–water partition coefficient (Wildman–Crippen LogP) is 7.65. The minimum atomic E-state index is -0.543. The number of H-pyrrole nitrogens is 1. The van der Waals surface area contributed by atoms with Crippen LogP contribution < -0.4 is 24.4 Å². The van der Waals surface area contributed by atoms with Gasteiger partial charge in [0.05, 0.1) is 38.1 Å². The quantitative estimate of drug-likeness (QED) is 0.0681. The Labute approximate surface area is 266 Å². The molecule has 0 aliphatic carbocycles. The third-order valence-electron chi connectivity index (χ3n) is 6.63. The number of aromatic amines is 1. The summed E-state index contributed by atoms with van der Waals surface area (Å²) in [6, 6.07) is 22.5. The van der Waals surface area contributed by atoms with Crippen molar-refractivity contribution in [3.8, 4) is 34.1 Å². The number of esters is 1. The van der Waals surface area contributed by atoms with E-state index in [4.69, 9.17) is 30.5 Å². The summed E-state index contributed by atoms with van der Waals surface area (Å²) in [5.41, 5.74) is 5.71. The summed E-state index contributed by atoms with van der Waals surface area (Å²) in [5, 5.41) is 5.40. The van der Waals surface area contributed by atoms with E-state index in [2.05, 4.69) is 31.4 Å². The smallest absolute Gasteiger partial charge is 0.343 e. The highest BCUT2D eigenvalue weighted by Gasteiger charge is 2.24. The number of carbonyl (C=O) groups excluding carboxylic acids is 2. The molecule has 2 N–H and O–H groups in total. The predicted molar refractivity (Wildman–Crippen MR) is 174 cm³/mol. The summed E-state index contributed by atoms with van der Waals surface area (Å²) in [7, 11) is 3.11. The lowest BCUT2D eigenvalue weighted by molar-refractivity contribution is 0.0728. The Bertz CT molecular complexity index is 1870. The van der Waals surface area contributed by atoms with Crippen LogP contribution in [0.4, 0.5) is 0 Å². The first-order chi connectivity index (χ1) is 21.3. The van der Waals surface area contributed by atoms with Gasteiger partial charge in [-0.05, 0) is 73.2 Å². The molecule has 44 heavy (non-hydrogen) atoms. The number of rotatable bonds is 10. The molecule has 1 aromatic heterocycles. The first-order valence-electron chi connectivity index (χ1n) is 13.4. The van der Waals surface area contributed by atoms with Crippen molar-refractivity contribution in [3.63, 3.8) is 0 Å². The Balaban J connectivity index is 1.40. The van der Waals surface area contributed by atoms with Crippen molar-refractivity contribution in [3.05, 3.63) is 105 Å². The van der Waals surface area contributed by atoms with Crippen molar-refractivity contribution >= 4 is 56.5 Å². The molecule has 9 nitrogen and oxygen atoms in total. The van der Waals surface area contributed by atoms with E-state index >= 15 is 0 Å². The Morgan fingerprint density at radius 1 is 0.955 bits per heavy atom. The van der Waals surface area contributed by atoms with Crippen molar-refractivity contribution in [1.82, 2.24) is 10.4 Å². The standard InChI is InChI=1S/C33H27BrClN3O6/c1-4-43-27-17-19(9-15-25(27)44-33(40)20-10-12-21(41-2)13-11-20)18-36-38-32(39)31-28(22-7-5-6-8-24(22)35)29-23(34)14-16-26(42-3)30(29)37-31/h5-18,37H,4H2,1-3H3,(H,38,39). The molecule has 0 radical (unpaired) electrons. The number of nitrogens with one attached hydrogen (secondary N) is 2. The molecular formula is C33H27BrClN3O6. The highest BCUT2D eigenvalue weighted by molar-refractivity contribution is 9.10. The van der Waals surface area contributed by atoms with Crippen molar-refractivity contribution in [1.29, 1.82) is 0 Å². The van der Waals surface area contributed by atoms with Gasteiger partial charge in [-0.25, -0.2) is 10.2 Å². The molecule has 0 saturated heterocycles. The van der Waals surface area contributed by atoms with Crippen molar-refractivity contribution in [2.45, 2.75) is 6.92 Å². The number of amides is 1. The summed E-state index contributed by atoms with van der Waals surface area (Å²) in [5.74, 6) is 0.753. The molecule has 0 aliphatic rings. The van der Waals surface area contributed by atoms with Crippen molar-refractivity contribution in [2.24, 2.45) is 5.10 Å². The lowest BCUT2D eigenvalue weighted by Crippen LogP contribution is -2.19. The Kier molecular flexibility index (Phi) is 9.52. The SMILES string of the molecule is CCOc1cc(C=NNC(=O)c2[nH]c3c(OC)ccc(Br)c3c2-c2ccccc2Cl)ccc1OC(=O)c1ccc(OC)cc1. The number of aromatic nitrogens is 1.